The minimum atomic E-state index is 0.289. The molecule has 0 fully saturated rings. The molecule has 0 spiro atoms. The van der Waals surface area contributed by atoms with Gasteiger partial charge in [-0.05, 0) is 31.9 Å². The minimum Gasteiger partial charge on any atom is -0.352 e. The van der Waals surface area contributed by atoms with Gasteiger partial charge in [0.25, 0.3) is 0 Å². The number of nitrogens with one attached hydrogen (secondary N) is 1. The van der Waals surface area contributed by atoms with Crippen LogP contribution in [0.15, 0.2) is 30.0 Å². The molecule has 0 bridgehead atoms. The van der Waals surface area contributed by atoms with Crippen molar-refractivity contribution in [2.24, 2.45) is 5.41 Å². The van der Waals surface area contributed by atoms with Crippen molar-refractivity contribution in [3.8, 4) is 0 Å². The third kappa shape index (κ3) is 3.21. The lowest BCUT2D eigenvalue weighted by Gasteiger charge is -2.34. The fourth-order valence-corrected chi connectivity index (χ4v) is 2.71. The number of pyridine rings is 1. The molecular formula is C17H27N3. The van der Waals surface area contributed by atoms with Crippen molar-refractivity contribution >= 4 is 5.82 Å². The summed E-state index contributed by atoms with van der Waals surface area (Å²) < 4.78 is 0. The zero-order chi connectivity index (χ0) is 14.8. The van der Waals surface area contributed by atoms with E-state index in [0.717, 1.165) is 25.3 Å². The fourth-order valence-electron chi connectivity index (χ4n) is 2.71. The third-order valence-corrected chi connectivity index (χ3v) is 4.19. The van der Waals surface area contributed by atoms with Crippen molar-refractivity contribution in [1.29, 1.82) is 0 Å². The maximum atomic E-state index is 4.62. The Balaban J connectivity index is 2.21. The van der Waals surface area contributed by atoms with E-state index in [1.807, 2.05) is 19.3 Å². The van der Waals surface area contributed by atoms with Gasteiger partial charge in [0.15, 0.2) is 0 Å². The highest BCUT2D eigenvalue weighted by Crippen LogP contribution is 2.32. The Kier molecular flexibility index (Phi) is 4.48. The van der Waals surface area contributed by atoms with Crippen LogP contribution in [0.1, 0.15) is 45.7 Å². The standard InChI is InChI=1S/C17H27N3/c1-13(18-5)15-7-6-10-19-16(15)20-11-8-14(9-12-20)17(2,3)4/h6-8,10,13,18H,9,11-12H2,1-5H3. The van der Waals surface area contributed by atoms with E-state index in [0.29, 0.717) is 6.04 Å². The Bertz CT molecular complexity index is 485. The molecule has 3 nitrogen and oxygen atoms in total. The van der Waals surface area contributed by atoms with Crippen LogP contribution in [0.4, 0.5) is 5.82 Å². The van der Waals surface area contributed by atoms with E-state index in [4.69, 9.17) is 0 Å². The Morgan fingerprint density at radius 2 is 2.10 bits per heavy atom. The fraction of sp³-hybridized carbons (Fsp3) is 0.588. The van der Waals surface area contributed by atoms with Gasteiger partial charge in [0.05, 0.1) is 0 Å². The molecule has 0 saturated heterocycles. The minimum absolute atomic E-state index is 0.289. The molecule has 2 rings (SSSR count). The maximum absolute atomic E-state index is 4.62. The van der Waals surface area contributed by atoms with Crippen LogP contribution in [0.5, 0.6) is 0 Å². The normalized spacial score (nSPS) is 17.9. The van der Waals surface area contributed by atoms with Crippen LogP contribution in [0, 0.1) is 5.41 Å². The van der Waals surface area contributed by atoms with E-state index in [1.54, 1.807) is 5.57 Å². The monoisotopic (exact) mass is 273 g/mol. The maximum Gasteiger partial charge on any atom is 0.133 e. The first-order valence-corrected chi connectivity index (χ1v) is 7.50. The van der Waals surface area contributed by atoms with Gasteiger partial charge in [-0.25, -0.2) is 4.98 Å². The number of hydrogen-bond donors (Lipinski definition) is 1. The summed E-state index contributed by atoms with van der Waals surface area (Å²) in [6, 6.07) is 4.52. The second-order valence-electron chi connectivity index (χ2n) is 6.60. The molecule has 1 aromatic heterocycles. The zero-order valence-corrected chi connectivity index (χ0v) is 13.4. The van der Waals surface area contributed by atoms with Gasteiger partial charge in [-0.15, -0.1) is 0 Å². The Hall–Kier alpha value is -1.35. The lowest BCUT2D eigenvalue weighted by molar-refractivity contribution is 0.472. The first-order chi connectivity index (χ1) is 9.43. The predicted molar refractivity (Wildman–Crippen MR) is 86.1 cm³/mol. The lowest BCUT2D eigenvalue weighted by Crippen LogP contribution is -2.33. The van der Waals surface area contributed by atoms with Crippen LogP contribution >= 0.6 is 0 Å². The molecule has 1 aliphatic heterocycles. The summed E-state index contributed by atoms with van der Waals surface area (Å²) in [6.07, 6.45) is 5.41. The molecule has 0 amide bonds. The number of anilines is 1. The number of hydrogen-bond acceptors (Lipinski definition) is 3. The van der Waals surface area contributed by atoms with Gasteiger partial charge >= 0.3 is 0 Å². The molecule has 0 aliphatic carbocycles. The molecule has 1 aliphatic rings. The highest BCUT2D eigenvalue weighted by Gasteiger charge is 2.23. The lowest BCUT2D eigenvalue weighted by atomic mass is 9.83. The second kappa shape index (κ2) is 5.96. The summed E-state index contributed by atoms with van der Waals surface area (Å²) in [5, 5.41) is 3.31. The van der Waals surface area contributed by atoms with E-state index in [-0.39, 0.29) is 5.41 Å². The van der Waals surface area contributed by atoms with Crippen molar-refractivity contribution in [1.82, 2.24) is 10.3 Å². The van der Waals surface area contributed by atoms with Gasteiger partial charge in [-0.1, -0.05) is 38.5 Å². The summed E-state index contributed by atoms with van der Waals surface area (Å²) in [5.74, 6) is 1.12. The van der Waals surface area contributed by atoms with Crippen LogP contribution < -0.4 is 10.2 Å². The van der Waals surface area contributed by atoms with Gasteiger partial charge in [-0.3, -0.25) is 0 Å². The van der Waals surface area contributed by atoms with Crippen LogP contribution in [0.25, 0.3) is 0 Å². The van der Waals surface area contributed by atoms with Crippen LogP contribution in [-0.4, -0.2) is 25.1 Å². The summed E-state index contributed by atoms with van der Waals surface area (Å²) in [4.78, 5) is 7.00. The molecule has 3 heteroatoms. The topological polar surface area (TPSA) is 28.2 Å². The average Bonchev–Trinajstić information content (AvgIpc) is 2.45. The summed E-state index contributed by atoms with van der Waals surface area (Å²) in [7, 11) is 2.00. The number of aromatic nitrogens is 1. The summed E-state index contributed by atoms with van der Waals surface area (Å²) in [6.45, 7) is 11.1. The van der Waals surface area contributed by atoms with Gasteiger partial charge in [-0.2, -0.15) is 0 Å². The van der Waals surface area contributed by atoms with Crippen molar-refractivity contribution in [2.45, 2.75) is 40.2 Å². The molecule has 0 saturated carbocycles. The van der Waals surface area contributed by atoms with Crippen LogP contribution in [0.3, 0.4) is 0 Å². The predicted octanol–water partition coefficient (Wildman–Crippen LogP) is 3.54. The van der Waals surface area contributed by atoms with E-state index >= 15 is 0 Å². The highest BCUT2D eigenvalue weighted by atomic mass is 15.2. The van der Waals surface area contributed by atoms with Gasteiger partial charge in [0.1, 0.15) is 5.82 Å². The largest absolute Gasteiger partial charge is 0.352 e. The zero-order valence-electron chi connectivity index (χ0n) is 13.4. The quantitative estimate of drug-likeness (QED) is 0.854. The Labute approximate surface area is 123 Å². The highest BCUT2D eigenvalue weighted by molar-refractivity contribution is 5.50. The Morgan fingerprint density at radius 3 is 2.65 bits per heavy atom. The first kappa shape index (κ1) is 15.0. The number of rotatable bonds is 3. The Morgan fingerprint density at radius 1 is 1.35 bits per heavy atom. The van der Waals surface area contributed by atoms with Gasteiger partial charge < -0.3 is 10.2 Å². The SMILES string of the molecule is CNC(C)c1cccnc1N1CC=C(C(C)(C)C)CC1. The molecular weight excluding hydrogens is 246 g/mol. The van der Waals surface area contributed by atoms with E-state index in [1.165, 1.54) is 5.56 Å². The van der Waals surface area contributed by atoms with Crippen molar-refractivity contribution in [3.63, 3.8) is 0 Å². The summed E-state index contributed by atoms with van der Waals surface area (Å²) in [5.41, 5.74) is 3.13. The van der Waals surface area contributed by atoms with E-state index < -0.39 is 0 Å². The molecule has 20 heavy (non-hydrogen) atoms. The van der Waals surface area contributed by atoms with Crippen molar-refractivity contribution < 1.29 is 0 Å². The third-order valence-electron chi connectivity index (χ3n) is 4.19. The first-order valence-electron chi connectivity index (χ1n) is 7.50. The van der Waals surface area contributed by atoms with Crippen LogP contribution in [0.2, 0.25) is 0 Å². The van der Waals surface area contributed by atoms with Crippen LogP contribution in [-0.2, 0) is 0 Å². The molecule has 1 atom stereocenters. The molecule has 1 aromatic rings. The molecule has 110 valence electrons. The van der Waals surface area contributed by atoms with Gasteiger partial charge in [0, 0.05) is 30.9 Å². The molecule has 0 radical (unpaired) electrons. The second-order valence-corrected chi connectivity index (χ2v) is 6.60. The van der Waals surface area contributed by atoms with E-state index in [2.05, 4.69) is 55.0 Å². The average molecular weight is 273 g/mol. The van der Waals surface area contributed by atoms with Gasteiger partial charge in [0.2, 0.25) is 0 Å². The molecule has 0 aromatic carbocycles. The molecule has 2 heterocycles. The van der Waals surface area contributed by atoms with E-state index in [9.17, 15) is 0 Å². The number of nitrogens with zero attached hydrogens (tertiary/aromatic N) is 2. The van der Waals surface area contributed by atoms with Crippen molar-refractivity contribution in [3.05, 3.63) is 35.5 Å². The molecule has 1 N–H and O–H groups in total. The molecule has 1 unspecified atom stereocenters. The smallest absolute Gasteiger partial charge is 0.133 e. The van der Waals surface area contributed by atoms with Crippen molar-refractivity contribution in [2.75, 3.05) is 25.0 Å². The summed E-state index contributed by atoms with van der Waals surface area (Å²) >= 11 is 0.